The van der Waals surface area contributed by atoms with E-state index in [0.717, 1.165) is 17.7 Å². The molecule has 0 bridgehead atoms. The summed E-state index contributed by atoms with van der Waals surface area (Å²) in [5, 5.41) is 14.8. The lowest BCUT2D eigenvalue weighted by atomic mass is 9.86. The van der Waals surface area contributed by atoms with Crippen molar-refractivity contribution in [2.24, 2.45) is 0 Å². The van der Waals surface area contributed by atoms with E-state index in [1.165, 1.54) is 0 Å². The number of hydrogen-bond donors (Lipinski definition) is 1. The van der Waals surface area contributed by atoms with Gasteiger partial charge in [0, 0.05) is 5.56 Å². The predicted molar refractivity (Wildman–Crippen MR) is 67.0 cm³/mol. The van der Waals surface area contributed by atoms with Crippen molar-refractivity contribution in [1.29, 1.82) is 0 Å². The van der Waals surface area contributed by atoms with Crippen LogP contribution in [0.3, 0.4) is 0 Å². The van der Waals surface area contributed by atoms with Gasteiger partial charge < -0.3 is 5.11 Å². The quantitative estimate of drug-likeness (QED) is 0.795. The minimum atomic E-state index is -0.183. The second-order valence-corrected chi connectivity index (χ2v) is 6.33. The Kier molecular flexibility index (Phi) is 3.10. The average molecular weight is 224 g/mol. The van der Waals surface area contributed by atoms with Crippen molar-refractivity contribution in [2.45, 2.75) is 65.8 Å². The van der Waals surface area contributed by atoms with E-state index in [4.69, 9.17) is 0 Å². The minimum Gasteiger partial charge on any atom is -0.493 e. The molecule has 0 saturated heterocycles. The standard InChI is InChI=1S/C13H24N2O/c1-8-9-10(12(2,3)4)11(16)15(14-9)13(5,6)7/h16H,8H2,1-7H3. The lowest BCUT2D eigenvalue weighted by Gasteiger charge is -2.22. The molecule has 1 rings (SSSR count). The zero-order valence-corrected chi connectivity index (χ0v) is 11.5. The Morgan fingerprint density at radius 1 is 1.12 bits per heavy atom. The normalized spacial score (nSPS) is 13.2. The van der Waals surface area contributed by atoms with E-state index in [1.807, 2.05) is 20.8 Å². The van der Waals surface area contributed by atoms with E-state index < -0.39 is 0 Å². The zero-order chi connectivity index (χ0) is 12.7. The van der Waals surface area contributed by atoms with Crippen LogP contribution in [0.4, 0.5) is 0 Å². The van der Waals surface area contributed by atoms with Crippen molar-refractivity contribution in [2.75, 3.05) is 0 Å². The Bertz CT molecular complexity index is 378. The van der Waals surface area contributed by atoms with Crippen LogP contribution in [0.1, 0.15) is 59.7 Å². The highest BCUT2D eigenvalue weighted by molar-refractivity contribution is 5.37. The van der Waals surface area contributed by atoms with Gasteiger partial charge in [0.25, 0.3) is 0 Å². The molecule has 1 N–H and O–H groups in total. The first kappa shape index (κ1) is 13.1. The van der Waals surface area contributed by atoms with Gasteiger partial charge in [0.1, 0.15) is 0 Å². The van der Waals surface area contributed by atoms with Crippen molar-refractivity contribution in [3.05, 3.63) is 11.3 Å². The van der Waals surface area contributed by atoms with E-state index in [1.54, 1.807) is 4.68 Å². The van der Waals surface area contributed by atoms with Gasteiger partial charge in [-0.1, -0.05) is 27.7 Å². The number of aromatic hydroxyl groups is 1. The third-order valence-corrected chi connectivity index (χ3v) is 2.65. The van der Waals surface area contributed by atoms with E-state index in [0.29, 0.717) is 5.88 Å². The molecule has 0 fully saturated rings. The Hall–Kier alpha value is -0.990. The van der Waals surface area contributed by atoms with Gasteiger partial charge in [0.15, 0.2) is 0 Å². The van der Waals surface area contributed by atoms with Crippen molar-refractivity contribution in [1.82, 2.24) is 9.78 Å². The summed E-state index contributed by atoms with van der Waals surface area (Å²) in [5.74, 6) is 0.317. The first-order chi connectivity index (χ1) is 7.09. The molecule has 0 amide bonds. The second kappa shape index (κ2) is 3.79. The smallest absolute Gasteiger partial charge is 0.213 e. The number of hydrogen-bond acceptors (Lipinski definition) is 2. The molecular weight excluding hydrogens is 200 g/mol. The van der Waals surface area contributed by atoms with E-state index >= 15 is 0 Å². The lowest BCUT2D eigenvalue weighted by Crippen LogP contribution is -2.23. The highest BCUT2D eigenvalue weighted by Gasteiger charge is 2.30. The van der Waals surface area contributed by atoms with Crippen LogP contribution in [0, 0.1) is 0 Å². The highest BCUT2D eigenvalue weighted by atomic mass is 16.3. The summed E-state index contributed by atoms with van der Waals surface area (Å²) in [5.41, 5.74) is 1.72. The van der Waals surface area contributed by atoms with Crippen LogP contribution in [0.15, 0.2) is 0 Å². The molecule has 3 heteroatoms. The Labute approximate surface area is 98.5 Å². The maximum atomic E-state index is 10.3. The van der Waals surface area contributed by atoms with Gasteiger partial charge in [0.2, 0.25) is 5.88 Å². The summed E-state index contributed by atoms with van der Waals surface area (Å²) in [6.07, 6.45) is 0.850. The largest absolute Gasteiger partial charge is 0.493 e. The number of nitrogens with zero attached hydrogens (tertiary/aromatic N) is 2. The van der Waals surface area contributed by atoms with Crippen LogP contribution >= 0.6 is 0 Å². The lowest BCUT2D eigenvalue weighted by molar-refractivity contribution is 0.290. The van der Waals surface area contributed by atoms with Gasteiger partial charge in [0.05, 0.1) is 11.2 Å². The summed E-state index contributed by atoms with van der Waals surface area (Å²) in [7, 11) is 0. The first-order valence-corrected chi connectivity index (χ1v) is 5.91. The second-order valence-electron chi connectivity index (χ2n) is 6.33. The Morgan fingerprint density at radius 3 is 1.88 bits per heavy atom. The topological polar surface area (TPSA) is 38.0 Å². The van der Waals surface area contributed by atoms with E-state index in [-0.39, 0.29) is 11.0 Å². The van der Waals surface area contributed by atoms with Crippen molar-refractivity contribution >= 4 is 0 Å². The molecule has 0 unspecified atom stereocenters. The van der Waals surface area contributed by atoms with Crippen molar-refractivity contribution < 1.29 is 5.11 Å². The van der Waals surface area contributed by atoms with Crippen LogP contribution in [-0.4, -0.2) is 14.9 Å². The molecule has 16 heavy (non-hydrogen) atoms. The fourth-order valence-electron chi connectivity index (χ4n) is 1.94. The van der Waals surface area contributed by atoms with Crippen molar-refractivity contribution in [3.8, 4) is 5.88 Å². The fraction of sp³-hybridized carbons (Fsp3) is 0.769. The number of rotatable bonds is 1. The summed E-state index contributed by atoms with van der Waals surface area (Å²) >= 11 is 0. The summed E-state index contributed by atoms with van der Waals surface area (Å²) in [6.45, 7) is 14.5. The fourth-order valence-corrected chi connectivity index (χ4v) is 1.94. The molecule has 92 valence electrons. The van der Waals surface area contributed by atoms with E-state index in [9.17, 15) is 5.11 Å². The molecule has 0 radical (unpaired) electrons. The molecule has 1 aromatic heterocycles. The molecule has 0 aliphatic carbocycles. The molecule has 0 aromatic carbocycles. The molecule has 1 aromatic rings. The van der Waals surface area contributed by atoms with Gasteiger partial charge in [-0.15, -0.1) is 0 Å². The maximum absolute atomic E-state index is 10.3. The van der Waals surface area contributed by atoms with E-state index in [2.05, 4.69) is 32.8 Å². The van der Waals surface area contributed by atoms with Gasteiger partial charge >= 0.3 is 0 Å². The molecule has 0 saturated carbocycles. The molecule has 0 spiro atoms. The third kappa shape index (κ3) is 2.23. The monoisotopic (exact) mass is 224 g/mol. The van der Waals surface area contributed by atoms with Crippen LogP contribution in [0.5, 0.6) is 5.88 Å². The first-order valence-electron chi connectivity index (χ1n) is 5.91. The van der Waals surface area contributed by atoms with Crippen LogP contribution < -0.4 is 0 Å². The van der Waals surface area contributed by atoms with Gasteiger partial charge in [-0.3, -0.25) is 0 Å². The molecule has 0 aliphatic heterocycles. The summed E-state index contributed by atoms with van der Waals surface area (Å²) in [4.78, 5) is 0. The third-order valence-electron chi connectivity index (χ3n) is 2.65. The Morgan fingerprint density at radius 2 is 1.62 bits per heavy atom. The molecular formula is C13H24N2O. The molecule has 1 heterocycles. The van der Waals surface area contributed by atoms with Crippen LogP contribution in [-0.2, 0) is 17.4 Å². The average Bonchev–Trinajstić information content (AvgIpc) is 2.40. The number of aromatic nitrogens is 2. The van der Waals surface area contributed by atoms with Gasteiger partial charge in [-0.05, 0) is 32.6 Å². The molecule has 0 atom stereocenters. The SMILES string of the molecule is CCc1nn(C(C)(C)C)c(O)c1C(C)(C)C. The molecule has 0 aliphatic rings. The van der Waals surface area contributed by atoms with Gasteiger partial charge in [-0.25, -0.2) is 4.68 Å². The summed E-state index contributed by atoms with van der Waals surface area (Å²) < 4.78 is 1.73. The zero-order valence-electron chi connectivity index (χ0n) is 11.5. The number of aryl methyl sites for hydroxylation is 1. The van der Waals surface area contributed by atoms with Crippen molar-refractivity contribution in [3.63, 3.8) is 0 Å². The minimum absolute atomic E-state index is 0.0705. The molecule has 3 nitrogen and oxygen atoms in total. The summed E-state index contributed by atoms with van der Waals surface area (Å²) in [6, 6.07) is 0. The van der Waals surface area contributed by atoms with Crippen LogP contribution in [0.2, 0.25) is 0 Å². The Balaban J connectivity index is 3.45. The van der Waals surface area contributed by atoms with Crippen LogP contribution in [0.25, 0.3) is 0 Å². The maximum Gasteiger partial charge on any atom is 0.213 e. The highest BCUT2D eigenvalue weighted by Crippen LogP contribution is 2.36. The predicted octanol–water partition coefficient (Wildman–Crippen LogP) is 3.20. The van der Waals surface area contributed by atoms with Gasteiger partial charge in [-0.2, -0.15) is 5.10 Å².